The summed E-state index contributed by atoms with van der Waals surface area (Å²) in [6.07, 6.45) is 4.60. The van der Waals surface area contributed by atoms with Crippen LogP contribution in [0.2, 0.25) is 0 Å². The van der Waals surface area contributed by atoms with Crippen LogP contribution < -0.4 is 10.1 Å². The number of carbonyl (C=O) groups excluding carboxylic acids is 1. The highest BCUT2D eigenvalue weighted by molar-refractivity contribution is 7.89. The van der Waals surface area contributed by atoms with Crippen molar-refractivity contribution in [3.05, 3.63) is 59.7 Å². The van der Waals surface area contributed by atoms with Gasteiger partial charge in [-0.05, 0) is 75.4 Å². The zero-order chi connectivity index (χ0) is 22.3. The number of benzene rings is 2. The molecule has 1 aliphatic heterocycles. The maximum absolute atomic E-state index is 12.8. The molecule has 1 saturated heterocycles. The van der Waals surface area contributed by atoms with Crippen molar-refractivity contribution in [3.63, 3.8) is 0 Å². The summed E-state index contributed by atoms with van der Waals surface area (Å²) in [4.78, 5) is 12.7. The molecule has 2 aromatic carbocycles. The molecule has 0 bridgehead atoms. The number of carbonyl (C=O) groups is 1. The number of aryl methyl sites for hydroxylation is 1. The lowest BCUT2D eigenvalue weighted by atomic mass is 10.1. The molecular formula is C24H32N2O4S. The minimum Gasteiger partial charge on any atom is -0.491 e. The Bertz CT molecular complexity index is 965. The van der Waals surface area contributed by atoms with Gasteiger partial charge >= 0.3 is 0 Å². The molecule has 31 heavy (non-hydrogen) atoms. The SMILES string of the molecule is CC(C)Oc1ccc(CCCNC(=O)c2cccc(S(=O)(=O)N3CCCCC3)c2)cc1. The van der Waals surface area contributed by atoms with E-state index in [-0.39, 0.29) is 16.9 Å². The first-order chi connectivity index (χ1) is 14.9. The van der Waals surface area contributed by atoms with Crippen molar-refractivity contribution in [3.8, 4) is 5.75 Å². The maximum atomic E-state index is 12.8. The third-order valence-corrected chi connectivity index (χ3v) is 7.17. The Labute approximate surface area is 185 Å². The van der Waals surface area contributed by atoms with Crippen molar-refractivity contribution in [1.82, 2.24) is 9.62 Å². The van der Waals surface area contributed by atoms with E-state index >= 15 is 0 Å². The van der Waals surface area contributed by atoms with E-state index in [1.54, 1.807) is 18.2 Å². The largest absolute Gasteiger partial charge is 0.491 e. The monoisotopic (exact) mass is 444 g/mol. The number of piperidine rings is 1. The van der Waals surface area contributed by atoms with E-state index in [0.717, 1.165) is 37.9 Å². The number of hydrogen-bond acceptors (Lipinski definition) is 4. The molecule has 1 amide bonds. The van der Waals surface area contributed by atoms with Gasteiger partial charge in [0.1, 0.15) is 5.75 Å². The minimum absolute atomic E-state index is 0.148. The summed E-state index contributed by atoms with van der Waals surface area (Å²) in [5.41, 5.74) is 1.55. The van der Waals surface area contributed by atoms with Crippen molar-refractivity contribution in [2.75, 3.05) is 19.6 Å². The second kappa shape index (κ2) is 10.8. The Morgan fingerprint density at radius 3 is 2.45 bits per heavy atom. The van der Waals surface area contributed by atoms with Crippen molar-refractivity contribution >= 4 is 15.9 Å². The molecule has 1 fully saturated rings. The fourth-order valence-electron chi connectivity index (χ4n) is 3.66. The van der Waals surface area contributed by atoms with Gasteiger partial charge in [-0.25, -0.2) is 8.42 Å². The molecule has 0 unspecified atom stereocenters. The normalized spacial score (nSPS) is 15.1. The van der Waals surface area contributed by atoms with E-state index in [2.05, 4.69) is 5.32 Å². The summed E-state index contributed by atoms with van der Waals surface area (Å²) in [6, 6.07) is 14.3. The second-order valence-electron chi connectivity index (χ2n) is 8.16. The molecule has 2 aromatic rings. The van der Waals surface area contributed by atoms with E-state index in [1.807, 2.05) is 38.1 Å². The molecule has 0 aromatic heterocycles. The molecule has 168 valence electrons. The van der Waals surface area contributed by atoms with Gasteiger partial charge in [0.25, 0.3) is 5.91 Å². The zero-order valence-corrected chi connectivity index (χ0v) is 19.2. The Kier molecular flexibility index (Phi) is 8.09. The van der Waals surface area contributed by atoms with Gasteiger partial charge in [0, 0.05) is 25.2 Å². The highest BCUT2D eigenvalue weighted by Crippen LogP contribution is 2.21. The lowest BCUT2D eigenvalue weighted by molar-refractivity contribution is 0.0953. The van der Waals surface area contributed by atoms with E-state index in [1.165, 1.54) is 15.9 Å². The first-order valence-corrected chi connectivity index (χ1v) is 12.4. The van der Waals surface area contributed by atoms with Crippen LogP contribution in [0.4, 0.5) is 0 Å². The highest BCUT2D eigenvalue weighted by atomic mass is 32.2. The van der Waals surface area contributed by atoms with Crippen LogP contribution in [0.5, 0.6) is 5.75 Å². The van der Waals surface area contributed by atoms with Crippen LogP contribution in [0.15, 0.2) is 53.4 Å². The first kappa shape index (κ1) is 23.3. The fourth-order valence-corrected chi connectivity index (χ4v) is 5.22. The Morgan fingerprint density at radius 2 is 1.77 bits per heavy atom. The third-order valence-electron chi connectivity index (χ3n) is 5.27. The minimum atomic E-state index is -3.55. The number of rotatable bonds is 9. The van der Waals surface area contributed by atoms with Crippen LogP contribution >= 0.6 is 0 Å². The van der Waals surface area contributed by atoms with Crippen molar-refractivity contribution in [1.29, 1.82) is 0 Å². The molecule has 0 spiro atoms. The fraction of sp³-hybridized carbons (Fsp3) is 0.458. The lowest BCUT2D eigenvalue weighted by Crippen LogP contribution is -2.35. The number of ether oxygens (including phenoxy) is 1. The molecule has 6 nitrogen and oxygen atoms in total. The number of sulfonamides is 1. The predicted octanol–water partition coefficient (Wildman–Crippen LogP) is 4.01. The van der Waals surface area contributed by atoms with Crippen LogP contribution in [-0.4, -0.2) is 44.4 Å². The average Bonchev–Trinajstić information content (AvgIpc) is 2.78. The van der Waals surface area contributed by atoms with Gasteiger partial charge in [-0.3, -0.25) is 4.79 Å². The second-order valence-corrected chi connectivity index (χ2v) is 10.1. The van der Waals surface area contributed by atoms with Gasteiger partial charge in [0.2, 0.25) is 10.0 Å². The molecule has 3 rings (SSSR count). The molecule has 0 radical (unpaired) electrons. The topological polar surface area (TPSA) is 75.7 Å². The van der Waals surface area contributed by atoms with Gasteiger partial charge in [0.05, 0.1) is 11.0 Å². The van der Waals surface area contributed by atoms with Gasteiger partial charge < -0.3 is 10.1 Å². The van der Waals surface area contributed by atoms with Crippen LogP contribution in [-0.2, 0) is 16.4 Å². The van der Waals surface area contributed by atoms with Crippen LogP contribution in [0.25, 0.3) is 0 Å². The van der Waals surface area contributed by atoms with E-state index in [4.69, 9.17) is 4.74 Å². The number of nitrogens with one attached hydrogen (secondary N) is 1. The Morgan fingerprint density at radius 1 is 1.06 bits per heavy atom. The summed E-state index contributed by atoms with van der Waals surface area (Å²) < 4.78 is 32.9. The van der Waals surface area contributed by atoms with E-state index in [0.29, 0.717) is 25.2 Å². The summed E-state index contributed by atoms with van der Waals surface area (Å²) in [5.74, 6) is 0.600. The smallest absolute Gasteiger partial charge is 0.251 e. The quantitative estimate of drug-likeness (QED) is 0.593. The van der Waals surface area contributed by atoms with Crippen molar-refractivity contribution < 1.29 is 17.9 Å². The van der Waals surface area contributed by atoms with E-state index in [9.17, 15) is 13.2 Å². The van der Waals surface area contributed by atoms with Gasteiger partial charge in [-0.15, -0.1) is 0 Å². The Balaban J connectivity index is 1.51. The molecular weight excluding hydrogens is 412 g/mol. The van der Waals surface area contributed by atoms with Crippen molar-refractivity contribution in [2.45, 2.75) is 57.0 Å². The average molecular weight is 445 g/mol. The zero-order valence-electron chi connectivity index (χ0n) is 18.3. The molecule has 0 aliphatic carbocycles. The maximum Gasteiger partial charge on any atom is 0.251 e. The van der Waals surface area contributed by atoms with Gasteiger partial charge in [-0.1, -0.05) is 24.6 Å². The summed E-state index contributed by atoms with van der Waals surface area (Å²) in [7, 11) is -3.55. The summed E-state index contributed by atoms with van der Waals surface area (Å²) in [6.45, 7) is 5.60. The van der Waals surface area contributed by atoms with Gasteiger partial charge in [0.15, 0.2) is 0 Å². The highest BCUT2D eigenvalue weighted by Gasteiger charge is 2.26. The molecule has 1 N–H and O–H groups in total. The standard InChI is InChI=1S/C24H32N2O4S/c1-19(2)30-22-13-11-20(12-14-22)8-7-15-25-24(27)21-9-6-10-23(18-21)31(28,29)26-16-4-3-5-17-26/h6,9-14,18-19H,3-5,7-8,15-17H2,1-2H3,(H,25,27). The first-order valence-electron chi connectivity index (χ1n) is 11.0. The molecule has 0 saturated carbocycles. The molecule has 7 heteroatoms. The lowest BCUT2D eigenvalue weighted by Gasteiger charge is -2.26. The van der Waals surface area contributed by atoms with Crippen LogP contribution in [0, 0.1) is 0 Å². The summed E-state index contributed by atoms with van der Waals surface area (Å²) >= 11 is 0. The summed E-state index contributed by atoms with van der Waals surface area (Å²) in [5, 5.41) is 2.89. The van der Waals surface area contributed by atoms with Gasteiger partial charge in [-0.2, -0.15) is 4.31 Å². The molecule has 0 atom stereocenters. The number of hydrogen-bond donors (Lipinski definition) is 1. The van der Waals surface area contributed by atoms with Crippen LogP contribution in [0.1, 0.15) is 55.5 Å². The Hall–Kier alpha value is -2.38. The van der Waals surface area contributed by atoms with E-state index < -0.39 is 10.0 Å². The van der Waals surface area contributed by atoms with Crippen molar-refractivity contribution in [2.24, 2.45) is 0 Å². The third kappa shape index (κ3) is 6.55. The molecule has 1 aliphatic rings. The number of amides is 1. The predicted molar refractivity (Wildman–Crippen MR) is 122 cm³/mol. The molecule has 1 heterocycles. The number of nitrogens with zero attached hydrogens (tertiary/aromatic N) is 1. The van der Waals surface area contributed by atoms with Crippen LogP contribution in [0.3, 0.4) is 0 Å².